The van der Waals surface area contributed by atoms with E-state index in [2.05, 4.69) is 26.2 Å². The Morgan fingerprint density at radius 2 is 2.20 bits per heavy atom. The predicted octanol–water partition coefficient (Wildman–Crippen LogP) is 2.62. The van der Waals surface area contributed by atoms with Crippen LogP contribution in [0, 0.1) is 0 Å². The van der Waals surface area contributed by atoms with Crippen molar-refractivity contribution in [1.29, 1.82) is 0 Å². The molecule has 6 heteroatoms. The molecule has 0 saturated heterocycles. The number of nitrogens with zero attached hydrogens (tertiary/aromatic N) is 1. The molecule has 0 bridgehead atoms. The van der Waals surface area contributed by atoms with Crippen LogP contribution in [0.15, 0.2) is 41.0 Å². The van der Waals surface area contributed by atoms with Crippen LogP contribution >= 0.6 is 15.9 Å². The van der Waals surface area contributed by atoms with Crippen molar-refractivity contribution in [3.05, 3.63) is 46.6 Å². The first-order chi connectivity index (χ1) is 9.58. The van der Waals surface area contributed by atoms with Gasteiger partial charge in [0.1, 0.15) is 11.6 Å². The van der Waals surface area contributed by atoms with E-state index in [9.17, 15) is 4.79 Å². The minimum Gasteiger partial charge on any atom is -0.496 e. The number of carbonyl (C=O) groups is 1. The average Bonchev–Trinajstić information content (AvgIpc) is 2.41. The molecule has 0 fully saturated rings. The maximum absolute atomic E-state index is 11.9. The molecule has 0 spiro atoms. The lowest BCUT2D eigenvalue weighted by molar-refractivity contribution is -0.115. The van der Waals surface area contributed by atoms with Crippen LogP contribution in [0.25, 0.3) is 0 Å². The third-order valence-electron chi connectivity index (χ3n) is 2.65. The molecule has 20 heavy (non-hydrogen) atoms. The summed E-state index contributed by atoms with van der Waals surface area (Å²) in [6.07, 6.45) is 1.80. The van der Waals surface area contributed by atoms with E-state index < -0.39 is 0 Å². The molecule has 1 aromatic carbocycles. The van der Waals surface area contributed by atoms with Gasteiger partial charge >= 0.3 is 0 Å². The van der Waals surface area contributed by atoms with Crippen LogP contribution in [0.1, 0.15) is 5.56 Å². The molecule has 0 unspecified atom stereocenters. The van der Waals surface area contributed by atoms with Crippen LogP contribution in [0.4, 0.5) is 11.5 Å². The fraction of sp³-hybridized carbons (Fsp3) is 0.143. The van der Waals surface area contributed by atoms with Gasteiger partial charge in [-0.2, -0.15) is 0 Å². The van der Waals surface area contributed by atoms with Gasteiger partial charge in [0.2, 0.25) is 5.91 Å². The van der Waals surface area contributed by atoms with Gasteiger partial charge in [0.25, 0.3) is 0 Å². The summed E-state index contributed by atoms with van der Waals surface area (Å²) < 4.78 is 5.96. The smallest absolute Gasteiger partial charge is 0.228 e. The normalized spacial score (nSPS) is 10.1. The van der Waals surface area contributed by atoms with Gasteiger partial charge in [-0.3, -0.25) is 4.79 Å². The molecular formula is C14H14BrN3O2. The third kappa shape index (κ3) is 3.71. The number of nitrogens with one attached hydrogen (secondary N) is 1. The number of halogens is 1. The number of amides is 1. The molecule has 1 aromatic heterocycles. The quantitative estimate of drug-likeness (QED) is 0.900. The highest BCUT2D eigenvalue weighted by molar-refractivity contribution is 9.10. The molecule has 104 valence electrons. The molecule has 0 aliphatic heterocycles. The second-order valence-corrected chi connectivity index (χ2v) is 5.02. The summed E-state index contributed by atoms with van der Waals surface area (Å²) >= 11 is 3.39. The van der Waals surface area contributed by atoms with Gasteiger partial charge in [-0.1, -0.05) is 6.07 Å². The van der Waals surface area contributed by atoms with Crippen molar-refractivity contribution in [2.24, 2.45) is 0 Å². The van der Waals surface area contributed by atoms with Gasteiger partial charge in [0, 0.05) is 0 Å². The van der Waals surface area contributed by atoms with Crippen molar-refractivity contribution in [1.82, 2.24) is 4.98 Å². The van der Waals surface area contributed by atoms with Gasteiger partial charge in [-0.25, -0.2) is 4.98 Å². The van der Waals surface area contributed by atoms with Crippen molar-refractivity contribution >= 4 is 33.3 Å². The molecular weight excluding hydrogens is 322 g/mol. The Kier molecular flexibility index (Phi) is 4.57. The number of nitrogen functional groups attached to an aromatic ring is 1. The van der Waals surface area contributed by atoms with E-state index in [1.54, 1.807) is 19.2 Å². The number of benzene rings is 1. The first kappa shape index (κ1) is 14.3. The highest BCUT2D eigenvalue weighted by Crippen LogP contribution is 2.25. The van der Waals surface area contributed by atoms with E-state index in [4.69, 9.17) is 10.5 Å². The van der Waals surface area contributed by atoms with Crippen molar-refractivity contribution in [3.63, 3.8) is 0 Å². The second-order valence-electron chi connectivity index (χ2n) is 4.17. The van der Waals surface area contributed by atoms with Gasteiger partial charge < -0.3 is 15.8 Å². The minimum atomic E-state index is -0.117. The molecule has 0 aliphatic rings. The molecule has 1 amide bonds. The molecule has 2 aromatic rings. The first-order valence-corrected chi connectivity index (χ1v) is 6.71. The fourth-order valence-electron chi connectivity index (χ4n) is 1.69. The zero-order chi connectivity index (χ0) is 14.5. The van der Waals surface area contributed by atoms with Crippen LogP contribution in [0.5, 0.6) is 5.75 Å². The third-order valence-corrected chi connectivity index (χ3v) is 3.27. The number of hydrogen-bond acceptors (Lipinski definition) is 4. The van der Waals surface area contributed by atoms with Crippen molar-refractivity contribution < 1.29 is 9.53 Å². The lowest BCUT2D eigenvalue weighted by Gasteiger charge is -2.07. The van der Waals surface area contributed by atoms with Crippen molar-refractivity contribution in [2.45, 2.75) is 6.42 Å². The van der Waals surface area contributed by atoms with E-state index in [1.165, 1.54) is 6.20 Å². The number of anilines is 2. The monoisotopic (exact) mass is 335 g/mol. The van der Waals surface area contributed by atoms with E-state index in [0.717, 1.165) is 15.8 Å². The lowest BCUT2D eigenvalue weighted by atomic mass is 10.1. The largest absolute Gasteiger partial charge is 0.496 e. The molecule has 1 heterocycles. The molecule has 0 aliphatic carbocycles. The standard InChI is InChI=1S/C14H14BrN3O2/c1-20-12-4-2-9(6-11(12)15)7-14(19)18-10-3-5-13(16)17-8-10/h2-6,8H,7H2,1H3,(H2,16,17)(H,18,19). The topological polar surface area (TPSA) is 77.2 Å². The summed E-state index contributed by atoms with van der Waals surface area (Å²) in [5.41, 5.74) is 6.99. The molecule has 0 radical (unpaired) electrons. The number of nitrogens with two attached hydrogens (primary N) is 1. The average molecular weight is 336 g/mol. The summed E-state index contributed by atoms with van der Waals surface area (Å²) in [6, 6.07) is 8.88. The van der Waals surface area contributed by atoms with E-state index in [-0.39, 0.29) is 12.3 Å². The molecule has 3 N–H and O–H groups in total. The van der Waals surface area contributed by atoms with Crippen molar-refractivity contribution in [2.75, 3.05) is 18.2 Å². The lowest BCUT2D eigenvalue weighted by Crippen LogP contribution is -2.14. The molecule has 2 rings (SSSR count). The number of rotatable bonds is 4. The number of methoxy groups -OCH3 is 1. The van der Waals surface area contributed by atoms with Crippen molar-refractivity contribution in [3.8, 4) is 5.75 Å². The minimum absolute atomic E-state index is 0.117. The number of carbonyl (C=O) groups excluding carboxylic acids is 1. The summed E-state index contributed by atoms with van der Waals surface area (Å²) in [6.45, 7) is 0. The van der Waals surface area contributed by atoms with Gasteiger partial charge in [-0.05, 0) is 45.8 Å². The van der Waals surface area contributed by atoms with Crippen LogP contribution in [0.2, 0.25) is 0 Å². The van der Waals surface area contributed by atoms with Gasteiger partial charge in [-0.15, -0.1) is 0 Å². The van der Waals surface area contributed by atoms with Gasteiger partial charge in [0.05, 0.1) is 29.9 Å². The Hall–Kier alpha value is -2.08. The maximum atomic E-state index is 11.9. The zero-order valence-corrected chi connectivity index (χ0v) is 12.5. The summed E-state index contributed by atoms with van der Waals surface area (Å²) in [4.78, 5) is 15.8. The van der Waals surface area contributed by atoms with Crippen LogP contribution in [0.3, 0.4) is 0 Å². The second kappa shape index (κ2) is 6.38. The number of aromatic nitrogens is 1. The zero-order valence-electron chi connectivity index (χ0n) is 10.9. The maximum Gasteiger partial charge on any atom is 0.228 e. The van der Waals surface area contributed by atoms with Crippen LogP contribution in [-0.2, 0) is 11.2 Å². The number of pyridine rings is 1. The van der Waals surface area contributed by atoms with E-state index >= 15 is 0 Å². The van der Waals surface area contributed by atoms with E-state index in [0.29, 0.717) is 11.5 Å². The Bertz CT molecular complexity index is 614. The Labute approximate surface area is 125 Å². The Balaban J connectivity index is 2.01. The summed E-state index contributed by atoms with van der Waals surface area (Å²) in [5, 5.41) is 2.76. The summed E-state index contributed by atoms with van der Waals surface area (Å²) in [7, 11) is 1.60. The highest BCUT2D eigenvalue weighted by atomic mass is 79.9. The number of ether oxygens (including phenoxy) is 1. The Morgan fingerprint density at radius 1 is 1.40 bits per heavy atom. The number of hydrogen-bond donors (Lipinski definition) is 2. The highest BCUT2D eigenvalue weighted by Gasteiger charge is 2.07. The molecule has 0 atom stereocenters. The van der Waals surface area contributed by atoms with E-state index in [1.807, 2.05) is 18.2 Å². The van der Waals surface area contributed by atoms with Crippen LogP contribution < -0.4 is 15.8 Å². The molecule has 5 nitrogen and oxygen atoms in total. The SMILES string of the molecule is COc1ccc(CC(=O)Nc2ccc(N)nc2)cc1Br. The Morgan fingerprint density at radius 3 is 2.80 bits per heavy atom. The van der Waals surface area contributed by atoms with Crippen LogP contribution in [-0.4, -0.2) is 18.0 Å². The first-order valence-electron chi connectivity index (χ1n) is 5.92. The molecule has 0 saturated carbocycles. The van der Waals surface area contributed by atoms with Gasteiger partial charge in [0.15, 0.2) is 0 Å². The fourth-order valence-corrected chi connectivity index (χ4v) is 2.28. The predicted molar refractivity (Wildman–Crippen MR) is 81.7 cm³/mol. The summed E-state index contributed by atoms with van der Waals surface area (Å²) in [5.74, 6) is 1.03.